The summed E-state index contributed by atoms with van der Waals surface area (Å²) >= 11 is 0. The molecule has 5 nitrogen and oxygen atoms in total. The summed E-state index contributed by atoms with van der Waals surface area (Å²) in [6.07, 6.45) is 4.14. The zero-order valence-electron chi connectivity index (χ0n) is 19.5. The summed E-state index contributed by atoms with van der Waals surface area (Å²) in [5.41, 5.74) is 3.39. The number of methoxy groups -OCH3 is 1. The van der Waals surface area contributed by atoms with Crippen molar-refractivity contribution in [2.75, 3.05) is 7.11 Å². The quantitative estimate of drug-likeness (QED) is 0.351. The van der Waals surface area contributed by atoms with Crippen molar-refractivity contribution in [3.63, 3.8) is 0 Å². The maximum atomic E-state index is 11.8. The molecule has 1 atom stereocenters. The van der Waals surface area contributed by atoms with Crippen molar-refractivity contribution in [3.05, 3.63) is 96.3 Å². The molecule has 2 aromatic heterocycles. The summed E-state index contributed by atoms with van der Waals surface area (Å²) in [6, 6.07) is 23.7. The Morgan fingerprint density at radius 3 is 2.45 bits per heavy atom. The van der Waals surface area contributed by atoms with Gasteiger partial charge in [0.2, 0.25) is 0 Å². The average Bonchev–Trinajstić information content (AvgIpc) is 3.32. The van der Waals surface area contributed by atoms with E-state index in [1.807, 2.05) is 104 Å². The summed E-state index contributed by atoms with van der Waals surface area (Å²) in [5.74, 6) is 0.806. The van der Waals surface area contributed by atoms with Crippen LogP contribution in [-0.2, 0) is 5.60 Å². The lowest BCUT2D eigenvalue weighted by atomic mass is 9.82. The van der Waals surface area contributed by atoms with Gasteiger partial charge in [-0.1, -0.05) is 45.0 Å². The Balaban J connectivity index is 0.00000126. The lowest BCUT2D eigenvalue weighted by Crippen LogP contribution is -2.26. The van der Waals surface area contributed by atoms with Crippen LogP contribution < -0.4 is 4.74 Å². The third kappa shape index (κ3) is 3.96. The van der Waals surface area contributed by atoms with Crippen LogP contribution in [0.2, 0.25) is 0 Å². The first-order valence-electron chi connectivity index (χ1n) is 11.3. The van der Waals surface area contributed by atoms with Crippen molar-refractivity contribution in [3.8, 4) is 11.4 Å². The van der Waals surface area contributed by atoms with Gasteiger partial charge in [-0.25, -0.2) is 4.68 Å². The van der Waals surface area contributed by atoms with Crippen molar-refractivity contribution >= 4 is 21.8 Å². The first-order valence-corrected chi connectivity index (χ1v) is 11.3. The van der Waals surface area contributed by atoms with E-state index in [1.54, 1.807) is 13.3 Å². The molecule has 5 rings (SSSR count). The summed E-state index contributed by atoms with van der Waals surface area (Å²) < 4.78 is 7.14. The monoisotopic (exact) mass is 439 g/mol. The van der Waals surface area contributed by atoms with Gasteiger partial charge in [-0.05, 0) is 66.1 Å². The van der Waals surface area contributed by atoms with E-state index in [4.69, 9.17) is 4.74 Å². The number of fused-ring (bicyclic) bond motifs is 2. The molecule has 1 N–H and O–H groups in total. The smallest absolute Gasteiger partial charge is 0.119 e. The molecule has 0 bridgehead atoms. The van der Waals surface area contributed by atoms with Gasteiger partial charge in [-0.3, -0.25) is 4.98 Å². The molecule has 0 fully saturated rings. The lowest BCUT2D eigenvalue weighted by molar-refractivity contribution is 0.0782. The largest absolute Gasteiger partial charge is 0.497 e. The number of hydrogen-bond donors (Lipinski definition) is 1. The van der Waals surface area contributed by atoms with Crippen LogP contribution in [0.4, 0.5) is 0 Å². The fraction of sp³-hybridized carbons (Fsp3) is 0.214. The molecule has 0 spiro atoms. The molecule has 0 aliphatic heterocycles. The molecular formula is C28H29N3O2. The molecule has 0 amide bonds. The third-order valence-electron chi connectivity index (χ3n) is 5.97. The Bertz CT molecular complexity index is 1370. The number of benzene rings is 3. The van der Waals surface area contributed by atoms with Crippen LogP contribution in [0.5, 0.6) is 5.75 Å². The lowest BCUT2D eigenvalue weighted by Gasteiger charge is -2.29. The van der Waals surface area contributed by atoms with Crippen LogP contribution in [0.15, 0.2) is 85.2 Å². The van der Waals surface area contributed by atoms with E-state index in [0.29, 0.717) is 6.42 Å². The van der Waals surface area contributed by atoms with Crippen molar-refractivity contribution in [2.24, 2.45) is 0 Å². The van der Waals surface area contributed by atoms with Crippen LogP contribution in [-0.4, -0.2) is 27.0 Å². The number of aromatic nitrogens is 3. The molecule has 2 heterocycles. The first kappa shape index (κ1) is 22.5. The molecular weight excluding hydrogens is 410 g/mol. The Morgan fingerprint density at radius 2 is 1.73 bits per heavy atom. The predicted octanol–water partition coefficient (Wildman–Crippen LogP) is 6.25. The van der Waals surface area contributed by atoms with E-state index in [-0.39, 0.29) is 0 Å². The Kier molecular flexibility index (Phi) is 6.43. The number of para-hydroxylation sites is 1. The average molecular weight is 440 g/mol. The molecule has 5 aromatic rings. The maximum absolute atomic E-state index is 11.8. The predicted molar refractivity (Wildman–Crippen MR) is 134 cm³/mol. The van der Waals surface area contributed by atoms with Gasteiger partial charge in [0.25, 0.3) is 0 Å². The zero-order chi connectivity index (χ0) is 23.4. The van der Waals surface area contributed by atoms with Crippen LogP contribution in [0.1, 0.15) is 38.3 Å². The van der Waals surface area contributed by atoms with Crippen LogP contribution in [0.25, 0.3) is 27.5 Å². The standard InChI is InChI=1S/C26H23N3O2.C2H6/c1-3-26(30,23-14-15-27-24-7-5-4-6-22(23)24)19-8-13-25-18(16-19)17-28-29(25)20-9-11-21(31-2)12-10-20;1-2/h4-17,30H,3H2,1-2H3;1-2H3. The molecule has 0 radical (unpaired) electrons. The van der Waals surface area contributed by atoms with Gasteiger partial charge >= 0.3 is 0 Å². The van der Waals surface area contributed by atoms with Gasteiger partial charge in [0.05, 0.1) is 30.0 Å². The minimum absolute atomic E-state index is 0.541. The van der Waals surface area contributed by atoms with Crippen LogP contribution in [0, 0.1) is 0 Å². The number of nitrogens with zero attached hydrogens (tertiary/aromatic N) is 3. The topological polar surface area (TPSA) is 60.2 Å². The number of pyridine rings is 1. The fourth-order valence-electron chi connectivity index (χ4n) is 4.23. The van der Waals surface area contributed by atoms with E-state index in [9.17, 15) is 5.11 Å². The van der Waals surface area contributed by atoms with Gasteiger partial charge in [-0.15, -0.1) is 0 Å². The second-order valence-corrected chi connectivity index (χ2v) is 7.62. The van der Waals surface area contributed by atoms with Gasteiger partial charge in [0.1, 0.15) is 11.4 Å². The Morgan fingerprint density at radius 1 is 0.970 bits per heavy atom. The van der Waals surface area contributed by atoms with Crippen molar-refractivity contribution in [2.45, 2.75) is 32.8 Å². The van der Waals surface area contributed by atoms with Crippen molar-refractivity contribution in [1.29, 1.82) is 0 Å². The van der Waals surface area contributed by atoms with Gasteiger partial charge in [0, 0.05) is 17.0 Å². The molecule has 33 heavy (non-hydrogen) atoms. The molecule has 3 aromatic carbocycles. The highest BCUT2D eigenvalue weighted by Gasteiger charge is 2.31. The molecule has 0 saturated carbocycles. The van der Waals surface area contributed by atoms with E-state index in [1.165, 1.54) is 0 Å². The summed E-state index contributed by atoms with van der Waals surface area (Å²) in [6.45, 7) is 6.00. The number of aliphatic hydroxyl groups is 1. The molecule has 168 valence electrons. The highest BCUT2D eigenvalue weighted by molar-refractivity contribution is 5.85. The minimum atomic E-state index is -1.13. The minimum Gasteiger partial charge on any atom is -0.497 e. The second-order valence-electron chi connectivity index (χ2n) is 7.62. The zero-order valence-corrected chi connectivity index (χ0v) is 19.5. The van der Waals surface area contributed by atoms with E-state index in [2.05, 4.69) is 10.1 Å². The third-order valence-corrected chi connectivity index (χ3v) is 5.97. The van der Waals surface area contributed by atoms with Crippen LogP contribution in [0.3, 0.4) is 0 Å². The highest BCUT2D eigenvalue weighted by atomic mass is 16.5. The fourth-order valence-corrected chi connectivity index (χ4v) is 4.23. The SMILES string of the molecule is CC.CCC(O)(c1ccc2c(cnn2-c2ccc(OC)cc2)c1)c1ccnc2ccccc12. The number of ether oxygens (including phenoxy) is 1. The van der Waals surface area contributed by atoms with Crippen LogP contribution >= 0.6 is 0 Å². The van der Waals surface area contributed by atoms with Gasteiger partial charge < -0.3 is 9.84 Å². The number of hydrogen-bond acceptors (Lipinski definition) is 4. The van der Waals surface area contributed by atoms with E-state index >= 15 is 0 Å². The summed E-state index contributed by atoms with van der Waals surface area (Å²) in [4.78, 5) is 4.45. The van der Waals surface area contributed by atoms with Crippen molar-refractivity contribution < 1.29 is 9.84 Å². The van der Waals surface area contributed by atoms with Gasteiger partial charge in [-0.2, -0.15) is 5.10 Å². The molecule has 0 aliphatic rings. The maximum Gasteiger partial charge on any atom is 0.119 e. The summed E-state index contributed by atoms with van der Waals surface area (Å²) in [5, 5.41) is 18.3. The van der Waals surface area contributed by atoms with E-state index in [0.717, 1.165) is 44.4 Å². The normalized spacial score (nSPS) is 12.8. The first-order chi connectivity index (χ1) is 16.1. The Hall–Kier alpha value is -3.70. The Labute approximate surface area is 194 Å². The van der Waals surface area contributed by atoms with E-state index < -0.39 is 5.60 Å². The summed E-state index contributed by atoms with van der Waals surface area (Å²) in [7, 11) is 1.65. The van der Waals surface area contributed by atoms with Crippen molar-refractivity contribution in [1.82, 2.24) is 14.8 Å². The molecule has 0 aliphatic carbocycles. The molecule has 1 unspecified atom stereocenters. The number of rotatable bonds is 5. The molecule has 5 heteroatoms. The molecule has 0 saturated heterocycles. The highest BCUT2D eigenvalue weighted by Crippen LogP contribution is 2.38. The van der Waals surface area contributed by atoms with Gasteiger partial charge in [0.15, 0.2) is 0 Å². The second kappa shape index (κ2) is 9.43.